The van der Waals surface area contributed by atoms with E-state index in [9.17, 15) is 9.90 Å². The smallest absolute Gasteiger partial charge is 0.235 e. The maximum Gasteiger partial charge on any atom is 0.235 e. The van der Waals surface area contributed by atoms with E-state index in [1.54, 1.807) is 6.08 Å². The van der Waals surface area contributed by atoms with Crippen molar-refractivity contribution in [2.75, 3.05) is 0 Å². The molecule has 1 aliphatic carbocycles. The van der Waals surface area contributed by atoms with E-state index in [4.69, 9.17) is 0 Å². The molecule has 0 unspecified atom stereocenters. The molecule has 0 amide bonds. The summed E-state index contributed by atoms with van der Waals surface area (Å²) >= 11 is 3.41. The number of aryl methyl sites for hydroxylation is 1. The van der Waals surface area contributed by atoms with Gasteiger partial charge in [0, 0.05) is 5.56 Å². The number of benzene rings is 1. The van der Waals surface area contributed by atoms with E-state index in [-0.39, 0.29) is 5.75 Å². The van der Waals surface area contributed by atoms with Gasteiger partial charge in [-0.1, -0.05) is 12.8 Å². The van der Waals surface area contributed by atoms with Crippen LogP contribution in [0.15, 0.2) is 15.5 Å². The van der Waals surface area contributed by atoms with Crippen LogP contribution in [0.25, 0.3) is 0 Å². The molecule has 4 heteroatoms. The highest BCUT2D eigenvalue weighted by molar-refractivity contribution is 9.10. The Balaban J connectivity index is 2.66. The average molecular weight is 310 g/mol. The second-order valence-electron chi connectivity index (χ2n) is 4.97. The van der Waals surface area contributed by atoms with Crippen LogP contribution in [0.1, 0.15) is 42.4 Å². The van der Waals surface area contributed by atoms with Crippen LogP contribution in [-0.4, -0.2) is 11.2 Å². The van der Waals surface area contributed by atoms with Crippen molar-refractivity contribution in [2.24, 2.45) is 4.99 Å². The maximum absolute atomic E-state index is 10.7. The number of carbonyl (C=O) groups excluding carboxylic acids is 1. The van der Waals surface area contributed by atoms with E-state index >= 15 is 0 Å². The number of nitrogens with zero attached hydrogens (tertiary/aromatic N) is 1. The van der Waals surface area contributed by atoms with Crippen molar-refractivity contribution >= 4 is 22.0 Å². The Labute approximate surface area is 115 Å². The Kier molecular flexibility index (Phi) is 3.60. The van der Waals surface area contributed by atoms with Crippen molar-refractivity contribution in [1.82, 2.24) is 0 Å². The quantitative estimate of drug-likeness (QED) is 0.666. The number of hydrogen-bond acceptors (Lipinski definition) is 3. The molecule has 0 radical (unpaired) electrons. The fourth-order valence-corrected chi connectivity index (χ4v) is 3.23. The number of phenolic OH excluding ortho intramolecular Hbond substituents is 1. The van der Waals surface area contributed by atoms with E-state index in [0.29, 0.717) is 4.47 Å². The number of isocyanates is 1. The molecule has 1 aliphatic rings. The number of aliphatic imine (C=N–C) groups is 1. The highest BCUT2D eigenvalue weighted by Gasteiger charge is 2.38. The summed E-state index contributed by atoms with van der Waals surface area (Å²) in [6, 6.07) is 1.95. The summed E-state index contributed by atoms with van der Waals surface area (Å²) in [7, 11) is 0. The van der Waals surface area contributed by atoms with Gasteiger partial charge in [0.2, 0.25) is 6.08 Å². The third kappa shape index (κ3) is 2.00. The van der Waals surface area contributed by atoms with Crippen molar-refractivity contribution in [3.05, 3.63) is 27.2 Å². The Morgan fingerprint density at radius 2 is 2.00 bits per heavy atom. The topological polar surface area (TPSA) is 49.7 Å². The summed E-state index contributed by atoms with van der Waals surface area (Å²) in [4.78, 5) is 14.7. The number of hydrogen-bond donors (Lipinski definition) is 1. The maximum atomic E-state index is 10.7. The van der Waals surface area contributed by atoms with E-state index in [2.05, 4.69) is 20.9 Å². The van der Waals surface area contributed by atoms with Crippen molar-refractivity contribution in [1.29, 1.82) is 0 Å². The molecular formula is C14H16BrNO2. The molecule has 1 N–H and O–H groups in total. The van der Waals surface area contributed by atoms with Gasteiger partial charge >= 0.3 is 0 Å². The first kappa shape index (κ1) is 13.3. The van der Waals surface area contributed by atoms with Crippen LogP contribution in [0.3, 0.4) is 0 Å². The van der Waals surface area contributed by atoms with Crippen molar-refractivity contribution in [3.63, 3.8) is 0 Å². The molecule has 0 saturated heterocycles. The zero-order valence-electron chi connectivity index (χ0n) is 10.6. The minimum Gasteiger partial charge on any atom is -0.506 e. The largest absolute Gasteiger partial charge is 0.506 e. The lowest BCUT2D eigenvalue weighted by molar-refractivity contribution is 0.406. The zero-order valence-corrected chi connectivity index (χ0v) is 12.2. The van der Waals surface area contributed by atoms with Gasteiger partial charge in [0.25, 0.3) is 0 Å². The van der Waals surface area contributed by atoms with E-state index < -0.39 is 5.54 Å². The molecule has 3 nitrogen and oxygen atoms in total. The van der Waals surface area contributed by atoms with Crippen molar-refractivity contribution < 1.29 is 9.90 Å². The molecule has 96 valence electrons. The monoisotopic (exact) mass is 309 g/mol. The zero-order chi connectivity index (χ0) is 13.3. The summed E-state index contributed by atoms with van der Waals surface area (Å²) in [6.07, 6.45) is 5.32. The average Bonchev–Trinajstić information content (AvgIpc) is 2.81. The molecule has 0 bridgehead atoms. The Hall–Kier alpha value is -1.12. The van der Waals surface area contributed by atoms with Gasteiger partial charge in [-0.2, -0.15) is 4.99 Å². The minimum atomic E-state index is -0.577. The molecule has 1 aromatic carbocycles. The van der Waals surface area contributed by atoms with Gasteiger partial charge in [-0.15, -0.1) is 0 Å². The molecule has 1 fully saturated rings. The van der Waals surface area contributed by atoms with Crippen LogP contribution in [0.2, 0.25) is 0 Å². The fourth-order valence-electron chi connectivity index (χ4n) is 2.71. The molecule has 18 heavy (non-hydrogen) atoms. The van der Waals surface area contributed by atoms with Gasteiger partial charge in [-0.3, -0.25) is 0 Å². The van der Waals surface area contributed by atoms with Crippen LogP contribution < -0.4 is 0 Å². The second-order valence-corrected chi connectivity index (χ2v) is 5.76. The highest BCUT2D eigenvalue weighted by atomic mass is 79.9. The molecular weight excluding hydrogens is 294 g/mol. The second kappa shape index (κ2) is 4.87. The van der Waals surface area contributed by atoms with Gasteiger partial charge in [0.15, 0.2) is 0 Å². The molecule has 0 spiro atoms. The number of aromatic hydroxyl groups is 1. The Morgan fingerprint density at radius 3 is 2.56 bits per heavy atom. The SMILES string of the molecule is Cc1cc(C2(N=C=O)CCCC2)c(O)c(Br)c1C. The minimum absolute atomic E-state index is 0.207. The summed E-state index contributed by atoms with van der Waals surface area (Å²) in [5.74, 6) is 0.207. The molecule has 2 rings (SSSR count). The molecule has 1 saturated carbocycles. The first-order valence-corrected chi connectivity index (χ1v) is 6.89. The number of phenols is 1. The van der Waals surface area contributed by atoms with Crippen LogP contribution in [0, 0.1) is 13.8 Å². The predicted octanol–water partition coefficient (Wildman–Crippen LogP) is 3.88. The van der Waals surface area contributed by atoms with Gasteiger partial charge < -0.3 is 5.11 Å². The molecule has 1 aromatic rings. The van der Waals surface area contributed by atoms with Crippen LogP contribution in [-0.2, 0) is 10.3 Å². The lowest BCUT2D eigenvalue weighted by Crippen LogP contribution is -2.19. The normalized spacial score (nSPS) is 17.5. The van der Waals surface area contributed by atoms with E-state index in [0.717, 1.165) is 42.4 Å². The van der Waals surface area contributed by atoms with Crippen molar-refractivity contribution in [2.45, 2.75) is 45.1 Å². The Morgan fingerprint density at radius 1 is 1.39 bits per heavy atom. The van der Waals surface area contributed by atoms with E-state index in [1.165, 1.54) is 0 Å². The van der Waals surface area contributed by atoms with Gasteiger partial charge in [0.1, 0.15) is 11.3 Å². The predicted molar refractivity (Wildman–Crippen MR) is 73.5 cm³/mol. The summed E-state index contributed by atoms with van der Waals surface area (Å²) in [5.41, 5.74) is 2.27. The van der Waals surface area contributed by atoms with Gasteiger partial charge in [-0.05, 0) is 59.8 Å². The standard InChI is InChI=1S/C14H16BrNO2/c1-9-7-11(13(18)12(15)10(9)2)14(16-8-17)5-3-4-6-14/h7,18H,3-6H2,1-2H3. The molecule has 0 atom stereocenters. The Bertz CT molecular complexity index is 527. The summed E-state index contributed by atoms with van der Waals surface area (Å²) < 4.78 is 0.699. The van der Waals surface area contributed by atoms with Gasteiger partial charge in [0.05, 0.1) is 4.47 Å². The summed E-state index contributed by atoms with van der Waals surface area (Å²) in [6.45, 7) is 3.95. The van der Waals surface area contributed by atoms with Crippen molar-refractivity contribution in [3.8, 4) is 5.75 Å². The number of rotatable bonds is 2. The molecule has 0 aromatic heterocycles. The first-order valence-electron chi connectivity index (χ1n) is 6.10. The lowest BCUT2D eigenvalue weighted by atomic mass is 9.86. The van der Waals surface area contributed by atoms with Crippen LogP contribution >= 0.6 is 15.9 Å². The molecule has 0 aliphatic heterocycles. The summed E-state index contributed by atoms with van der Waals surface area (Å²) in [5, 5.41) is 10.3. The van der Waals surface area contributed by atoms with Crippen LogP contribution in [0.5, 0.6) is 5.75 Å². The highest BCUT2D eigenvalue weighted by Crippen LogP contribution is 2.48. The fraction of sp³-hybridized carbons (Fsp3) is 0.500. The lowest BCUT2D eigenvalue weighted by Gasteiger charge is -2.25. The van der Waals surface area contributed by atoms with E-state index in [1.807, 2.05) is 19.9 Å². The van der Waals surface area contributed by atoms with Crippen LogP contribution in [0.4, 0.5) is 0 Å². The first-order chi connectivity index (χ1) is 8.52. The van der Waals surface area contributed by atoms with Gasteiger partial charge in [-0.25, -0.2) is 4.79 Å². The third-order valence-electron chi connectivity index (χ3n) is 3.94. The third-order valence-corrected chi connectivity index (χ3v) is 4.91. The molecule has 0 heterocycles. The number of halogens is 1.